The fourth-order valence-electron chi connectivity index (χ4n) is 2.61. The van der Waals surface area contributed by atoms with Crippen molar-refractivity contribution < 1.29 is 14.3 Å². The number of fused-ring (bicyclic) bond motifs is 1. The summed E-state index contributed by atoms with van der Waals surface area (Å²) >= 11 is 1.32. The van der Waals surface area contributed by atoms with E-state index in [1.807, 2.05) is 35.8 Å². The van der Waals surface area contributed by atoms with Gasteiger partial charge in [0.2, 0.25) is 0 Å². The maximum atomic E-state index is 12.4. The van der Waals surface area contributed by atoms with Gasteiger partial charge in [0.05, 0.1) is 17.0 Å². The maximum absolute atomic E-state index is 12.4. The number of hydrogen-bond acceptors (Lipinski definition) is 5. The molecule has 3 aromatic rings. The highest BCUT2D eigenvalue weighted by Gasteiger charge is 2.31. The maximum Gasteiger partial charge on any atom is 0.339 e. The number of esters is 1. The summed E-state index contributed by atoms with van der Waals surface area (Å²) in [6, 6.07) is 10.9. The number of carbonyl (C=O) groups is 2. The largest absolute Gasteiger partial charge is 0.448 e. The second kappa shape index (κ2) is 5.93. The van der Waals surface area contributed by atoms with E-state index in [4.69, 9.17) is 4.74 Å². The Bertz CT molecular complexity index is 901. The van der Waals surface area contributed by atoms with E-state index in [2.05, 4.69) is 15.3 Å². The third-order valence-electron chi connectivity index (χ3n) is 3.79. The summed E-state index contributed by atoms with van der Waals surface area (Å²) in [7, 11) is 0. The Morgan fingerprint density at radius 2 is 2.17 bits per heavy atom. The Morgan fingerprint density at radius 1 is 1.29 bits per heavy atom. The summed E-state index contributed by atoms with van der Waals surface area (Å²) in [6.07, 6.45) is 1.33. The van der Waals surface area contributed by atoms with Gasteiger partial charge in [-0.05, 0) is 23.8 Å². The molecule has 6 nitrogen and oxygen atoms in total. The van der Waals surface area contributed by atoms with Gasteiger partial charge < -0.3 is 9.72 Å². The van der Waals surface area contributed by atoms with Crippen molar-refractivity contribution in [3.63, 3.8) is 0 Å². The lowest BCUT2D eigenvalue weighted by Gasteiger charge is -2.23. The monoisotopic (exact) mass is 339 g/mol. The van der Waals surface area contributed by atoms with E-state index in [9.17, 15) is 9.59 Å². The van der Waals surface area contributed by atoms with Crippen molar-refractivity contribution in [2.45, 2.75) is 12.5 Å². The van der Waals surface area contributed by atoms with Crippen LogP contribution in [0.1, 0.15) is 15.9 Å². The second-order valence-electron chi connectivity index (χ2n) is 5.37. The topological polar surface area (TPSA) is 84.1 Å². The molecule has 1 aliphatic rings. The Kier molecular flexibility index (Phi) is 3.62. The quantitative estimate of drug-likeness (QED) is 0.719. The van der Waals surface area contributed by atoms with Crippen LogP contribution in [0.5, 0.6) is 0 Å². The van der Waals surface area contributed by atoms with Crippen LogP contribution in [0.25, 0.3) is 11.4 Å². The normalized spacial score (nSPS) is 16.3. The molecule has 7 heteroatoms. The highest BCUT2D eigenvalue weighted by Crippen LogP contribution is 2.25. The number of carbonyl (C=O) groups excluding carboxylic acids is 2. The van der Waals surface area contributed by atoms with E-state index >= 15 is 0 Å². The molecule has 0 aliphatic carbocycles. The van der Waals surface area contributed by atoms with E-state index in [1.54, 1.807) is 12.1 Å². The minimum atomic E-state index is -0.842. The van der Waals surface area contributed by atoms with E-state index in [0.29, 0.717) is 17.1 Å². The van der Waals surface area contributed by atoms with Gasteiger partial charge in [-0.1, -0.05) is 18.2 Å². The number of hydrogen-bond donors (Lipinski definition) is 2. The predicted octanol–water partition coefficient (Wildman–Crippen LogP) is 2.86. The minimum absolute atomic E-state index is 0.364. The molecule has 1 amide bonds. The molecule has 0 saturated carbocycles. The van der Waals surface area contributed by atoms with Crippen molar-refractivity contribution in [3.05, 3.63) is 59.1 Å². The molecule has 0 spiro atoms. The molecule has 0 saturated heterocycles. The molecular weight excluding hydrogens is 326 g/mol. The Balaban J connectivity index is 1.48. The van der Waals surface area contributed by atoms with Gasteiger partial charge in [-0.15, -0.1) is 11.3 Å². The van der Waals surface area contributed by atoms with E-state index in [-0.39, 0.29) is 5.91 Å². The lowest BCUT2D eigenvalue weighted by Crippen LogP contribution is -2.37. The third kappa shape index (κ3) is 2.69. The van der Waals surface area contributed by atoms with Crippen molar-refractivity contribution in [3.8, 4) is 11.4 Å². The number of ether oxygens (including phenoxy) is 1. The first-order valence-corrected chi connectivity index (χ1v) is 8.28. The molecule has 1 aromatic carbocycles. The minimum Gasteiger partial charge on any atom is -0.448 e. The van der Waals surface area contributed by atoms with Crippen molar-refractivity contribution in [1.82, 2.24) is 9.97 Å². The number of benzene rings is 1. The molecule has 1 atom stereocenters. The van der Waals surface area contributed by atoms with E-state index in [1.165, 1.54) is 11.3 Å². The second-order valence-corrected chi connectivity index (χ2v) is 6.22. The Labute approximate surface area is 141 Å². The smallest absolute Gasteiger partial charge is 0.339 e. The van der Waals surface area contributed by atoms with Crippen LogP contribution in [0.2, 0.25) is 0 Å². The number of anilines is 1. The van der Waals surface area contributed by atoms with Crippen molar-refractivity contribution in [2.75, 3.05) is 5.32 Å². The number of amides is 1. The lowest BCUT2D eigenvalue weighted by molar-refractivity contribution is -0.125. The molecule has 2 N–H and O–H groups in total. The molecule has 1 aliphatic heterocycles. The van der Waals surface area contributed by atoms with Crippen molar-refractivity contribution >= 4 is 28.3 Å². The molecule has 0 unspecified atom stereocenters. The van der Waals surface area contributed by atoms with E-state index < -0.39 is 12.1 Å². The highest BCUT2D eigenvalue weighted by atomic mass is 32.1. The van der Waals surface area contributed by atoms with Crippen LogP contribution in [0.3, 0.4) is 0 Å². The predicted molar refractivity (Wildman–Crippen MR) is 89.9 cm³/mol. The summed E-state index contributed by atoms with van der Waals surface area (Å²) < 4.78 is 5.25. The SMILES string of the molecule is O=C1O[C@@H](C(=O)Nc2nc(-c3ccc[nH]3)cs2)Cc2ccccc21. The van der Waals surface area contributed by atoms with Crippen LogP contribution in [0.4, 0.5) is 5.13 Å². The van der Waals surface area contributed by atoms with Crippen LogP contribution in [0, 0.1) is 0 Å². The number of thiazole rings is 1. The molecule has 3 heterocycles. The first kappa shape index (κ1) is 14.6. The van der Waals surface area contributed by atoms with Gasteiger partial charge in [0.15, 0.2) is 11.2 Å². The van der Waals surface area contributed by atoms with E-state index in [0.717, 1.165) is 17.0 Å². The van der Waals surface area contributed by atoms with Crippen LogP contribution in [-0.2, 0) is 16.0 Å². The summed E-state index contributed by atoms with van der Waals surface area (Å²) in [5, 5.41) is 5.05. The number of H-pyrrole nitrogens is 1. The fourth-order valence-corrected chi connectivity index (χ4v) is 3.32. The lowest BCUT2D eigenvalue weighted by atomic mass is 9.98. The summed E-state index contributed by atoms with van der Waals surface area (Å²) in [6.45, 7) is 0. The van der Waals surface area contributed by atoms with Gasteiger partial charge in [0.1, 0.15) is 0 Å². The zero-order valence-corrected chi connectivity index (χ0v) is 13.3. The number of aromatic amines is 1. The van der Waals surface area contributed by atoms with Crippen LogP contribution < -0.4 is 5.32 Å². The molecule has 0 radical (unpaired) electrons. The van der Waals surface area contributed by atoms with Crippen molar-refractivity contribution in [2.24, 2.45) is 0 Å². The number of cyclic esters (lactones) is 1. The van der Waals surface area contributed by atoms with Gasteiger partial charge >= 0.3 is 5.97 Å². The molecule has 120 valence electrons. The van der Waals surface area contributed by atoms with Gasteiger partial charge in [0, 0.05) is 18.0 Å². The Hall–Kier alpha value is -2.93. The van der Waals surface area contributed by atoms with Crippen LogP contribution in [-0.4, -0.2) is 27.9 Å². The number of nitrogens with one attached hydrogen (secondary N) is 2. The van der Waals surface area contributed by atoms with Crippen molar-refractivity contribution in [1.29, 1.82) is 0 Å². The summed E-state index contributed by atoms with van der Waals surface area (Å²) in [5.74, 6) is -0.839. The summed E-state index contributed by atoms with van der Waals surface area (Å²) in [5.41, 5.74) is 2.97. The first-order chi connectivity index (χ1) is 11.7. The zero-order valence-electron chi connectivity index (χ0n) is 12.5. The number of rotatable bonds is 3. The number of aromatic nitrogens is 2. The molecule has 2 aromatic heterocycles. The van der Waals surface area contributed by atoms with Crippen LogP contribution in [0.15, 0.2) is 48.0 Å². The van der Waals surface area contributed by atoms with Gasteiger partial charge in [-0.3, -0.25) is 10.1 Å². The van der Waals surface area contributed by atoms with Gasteiger partial charge in [-0.2, -0.15) is 0 Å². The highest BCUT2D eigenvalue weighted by molar-refractivity contribution is 7.14. The number of nitrogens with zero attached hydrogens (tertiary/aromatic N) is 1. The van der Waals surface area contributed by atoms with Gasteiger partial charge in [-0.25, -0.2) is 9.78 Å². The Morgan fingerprint density at radius 3 is 3.00 bits per heavy atom. The average molecular weight is 339 g/mol. The first-order valence-electron chi connectivity index (χ1n) is 7.40. The molecule has 24 heavy (non-hydrogen) atoms. The summed E-state index contributed by atoms with van der Waals surface area (Å²) in [4.78, 5) is 31.8. The van der Waals surface area contributed by atoms with Crippen LogP contribution >= 0.6 is 11.3 Å². The molecule has 4 rings (SSSR count). The fraction of sp³-hybridized carbons (Fsp3) is 0.118. The third-order valence-corrected chi connectivity index (χ3v) is 4.55. The molecular formula is C17H13N3O3S. The standard InChI is InChI=1S/C17H13N3O3S/c21-15(14-8-10-4-1-2-5-11(10)16(22)23-14)20-17-19-13(9-24-17)12-6-3-7-18-12/h1-7,9,14,18H,8H2,(H,19,20,21)/t14-/m1/s1. The molecule has 0 bridgehead atoms. The molecule has 0 fully saturated rings. The van der Waals surface area contributed by atoms with Gasteiger partial charge in [0.25, 0.3) is 5.91 Å². The zero-order chi connectivity index (χ0) is 16.5. The average Bonchev–Trinajstić information content (AvgIpc) is 3.26.